The van der Waals surface area contributed by atoms with E-state index in [9.17, 15) is 0 Å². The van der Waals surface area contributed by atoms with Gasteiger partial charge in [0.2, 0.25) is 0 Å². The molecule has 2 saturated heterocycles. The molecule has 31 heavy (non-hydrogen) atoms. The van der Waals surface area contributed by atoms with Crippen LogP contribution >= 0.6 is 0 Å². The molecule has 0 saturated carbocycles. The summed E-state index contributed by atoms with van der Waals surface area (Å²) in [6.45, 7) is 11.5. The first-order chi connectivity index (χ1) is 15.0. The second-order valence-corrected chi connectivity index (χ2v) is 8.66. The minimum absolute atomic E-state index is 0.208. The average molecular weight is 421 g/mol. The summed E-state index contributed by atoms with van der Waals surface area (Å²) in [5.74, 6) is 1.76. The number of benzene rings is 2. The van der Waals surface area contributed by atoms with Gasteiger partial charge in [-0.3, -0.25) is 0 Å². The summed E-state index contributed by atoms with van der Waals surface area (Å²) in [5, 5.41) is 0. The third kappa shape index (κ3) is 5.38. The van der Waals surface area contributed by atoms with Gasteiger partial charge in [0.05, 0.1) is 13.2 Å². The van der Waals surface area contributed by atoms with Crippen LogP contribution in [0.15, 0.2) is 48.6 Å². The summed E-state index contributed by atoms with van der Waals surface area (Å²) in [7, 11) is 0. The Balaban J connectivity index is 1.65. The molecule has 0 aromatic heterocycles. The summed E-state index contributed by atoms with van der Waals surface area (Å²) in [6, 6.07) is 12.8. The first-order valence-corrected chi connectivity index (χ1v) is 11.0. The number of epoxide rings is 2. The van der Waals surface area contributed by atoms with E-state index in [1.807, 2.05) is 13.8 Å². The molecular formula is C27H32O4. The van der Waals surface area contributed by atoms with Crippen molar-refractivity contribution in [1.29, 1.82) is 0 Å². The molecule has 2 aliphatic rings. The highest BCUT2D eigenvalue weighted by atomic mass is 16.6. The van der Waals surface area contributed by atoms with E-state index in [1.165, 1.54) is 22.3 Å². The minimum atomic E-state index is -0.208. The van der Waals surface area contributed by atoms with Crippen LogP contribution in [0.1, 0.15) is 49.9 Å². The highest BCUT2D eigenvalue weighted by Crippen LogP contribution is 2.39. The molecule has 0 bridgehead atoms. The molecule has 0 aliphatic carbocycles. The summed E-state index contributed by atoms with van der Waals surface area (Å²) >= 11 is 0. The second-order valence-electron chi connectivity index (χ2n) is 8.66. The van der Waals surface area contributed by atoms with Gasteiger partial charge in [0.15, 0.2) is 0 Å². The molecular weight excluding hydrogens is 388 g/mol. The lowest BCUT2D eigenvalue weighted by atomic mass is 9.74. The van der Waals surface area contributed by atoms with E-state index < -0.39 is 0 Å². The van der Waals surface area contributed by atoms with Gasteiger partial charge in [0.1, 0.15) is 36.9 Å². The van der Waals surface area contributed by atoms with Crippen molar-refractivity contribution in [3.63, 3.8) is 0 Å². The van der Waals surface area contributed by atoms with Crippen LogP contribution in [0, 0.1) is 0 Å². The maximum Gasteiger partial charge on any atom is 0.120 e. The normalized spacial score (nSPS) is 20.4. The van der Waals surface area contributed by atoms with Gasteiger partial charge in [-0.2, -0.15) is 0 Å². The van der Waals surface area contributed by atoms with E-state index >= 15 is 0 Å². The molecule has 2 unspecified atom stereocenters. The predicted molar refractivity (Wildman–Crippen MR) is 125 cm³/mol. The first kappa shape index (κ1) is 21.7. The van der Waals surface area contributed by atoms with Crippen LogP contribution in [0.2, 0.25) is 0 Å². The lowest BCUT2D eigenvalue weighted by Gasteiger charge is -2.30. The molecule has 4 nitrogen and oxygen atoms in total. The zero-order valence-corrected chi connectivity index (χ0v) is 18.9. The molecule has 4 rings (SSSR count). The molecule has 2 fully saturated rings. The van der Waals surface area contributed by atoms with Gasteiger partial charge in [-0.1, -0.05) is 50.3 Å². The van der Waals surface area contributed by atoms with Gasteiger partial charge < -0.3 is 18.9 Å². The summed E-state index contributed by atoms with van der Waals surface area (Å²) in [5.41, 5.74) is 4.64. The Labute approximate surface area is 185 Å². The number of allylic oxidation sites excluding steroid dienone is 2. The SMILES string of the molecule is CC=Cc1cc(OCC2CO2)ccc1C(C)(C)c1ccc(OCC2CO2)cc1C=CC. The lowest BCUT2D eigenvalue weighted by molar-refractivity contribution is 0.263. The van der Waals surface area contributed by atoms with Gasteiger partial charge >= 0.3 is 0 Å². The van der Waals surface area contributed by atoms with E-state index in [1.54, 1.807) is 0 Å². The van der Waals surface area contributed by atoms with Crippen molar-refractivity contribution in [2.24, 2.45) is 0 Å². The van der Waals surface area contributed by atoms with Crippen LogP contribution in [0.4, 0.5) is 0 Å². The average Bonchev–Trinajstić information content (AvgIpc) is 3.66. The highest BCUT2D eigenvalue weighted by Gasteiger charge is 2.29. The highest BCUT2D eigenvalue weighted by molar-refractivity contribution is 5.64. The molecule has 0 spiro atoms. The van der Waals surface area contributed by atoms with E-state index in [4.69, 9.17) is 18.9 Å². The van der Waals surface area contributed by atoms with Crippen molar-refractivity contribution in [3.05, 3.63) is 70.8 Å². The van der Waals surface area contributed by atoms with E-state index in [-0.39, 0.29) is 17.6 Å². The quantitative estimate of drug-likeness (QED) is 0.467. The Morgan fingerprint density at radius 1 is 0.806 bits per heavy atom. The molecule has 2 aliphatic heterocycles. The standard InChI is InChI=1S/C27H32O4/c1-5-7-19-13-21(28-15-23-17-30-23)9-11-25(19)27(3,4)26-12-10-22(14-20(26)8-6-2)29-16-24-18-31-24/h5-14,23-24H,15-18H2,1-4H3. The minimum Gasteiger partial charge on any atom is -0.491 e. The Bertz CT molecular complexity index is 888. The molecule has 0 amide bonds. The lowest BCUT2D eigenvalue weighted by Crippen LogP contribution is -2.22. The number of ether oxygens (including phenoxy) is 4. The zero-order valence-electron chi connectivity index (χ0n) is 18.9. The zero-order chi connectivity index (χ0) is 21.8. The van der Waals surface area contributed by atoms with Crippen molar-refractivity contribution >= 4 is 12.2 Å². The van der Waals surface area contributed by atoms with Crippen LogP contribution in [0.5, 0.6) is 11.5 Å². The fraction of sp³-hybridized carbons (Fsp3) is 0.407. The molecule has 2 aromatic rings. The first-order valence-electron chi connectivity index (χ1n) is 11.0. The van der Waals surface area contributed by atoms with Gasteiger partial charge in [-0.15, -0.1) is 0 Å². The summed E-state index contributed by atoms with van der Waals surface area (Å²) in [4.78, 5) is 0. The van der Waals surface area contributed by atoms with Crippen molar-refractivity contribution < 1.29 is 18.9 Å². The Kier molecular flexibility index (Phi) is 6.49. The smallest absolute Gasteiger partial charge is 0.120 e. The Morgan fingerprint density at radius 3 is 1.58 bits per heavy atom. The number of hydrogen-bond donors (Lipinski definition) is 0. The van der Waals surface area contributed by atoms with Crippen molar-refractivity contribution in [2.45, 2.75) is 45.3 Å². The molecule has 2 aromatic carbocycles. The molecule has 2 heterocycles. The largest absolute Gasteiger partial charge is 0.491 e. The van der Waals surface area contributed by atoms with E-state index in [0.717, 1.165) is 24.7 Å². The third-order valence-electron chi connectivity index (χ3n) is 5.76. The Morgan fingerprint density at radius 2 is 1.23 bits per heavy atom. The predicted octanol–water partition coefficient (Wildman–Crippen LogP) is 5.63. The van der Waals surface area contributed by atoms with Crippen LogP contribution in [0.25, 0.3) is 12.2 Å². The van der Waals surface area contributed by atoms with Crippen LogP contribution in [-0.2, 0) is 14.9 Å². The molecule has 0 radical (unpaired) electrons. The van der Waals surface area contributed by atoms with Gasteiger partial charge in [-0.05, 0) is 60.4 Å². The summed E-state index contributed by atoms with van der Waals surface area (Å²) < 4.78 is 22.4. The number of rotatable bonds is 10. The van der Waals surface area contributed by atoms with Gasteiger partial charge in [0.25, 0.3) is 0 Å². The maximum absolute atomic E-state index is 5.92. The fourth-order valence-electron chi connectivity index (χ4n) is 3.89. The van der Waals surface area contributed by atoms with Crippen molar-refractivity contribution in [2.75, 3.05) is 26.4 Å². The summed E-state index contributed by atoms with van der Waals surface area (Å²) in [6.07, 6.45) is 8.95. The van der Waals surface area contributed by atoms with Gasteiger partial charge in [0, 0.05) is 5.41 Å². The second kappa shape index (κ2) is 9.29. The van der Waals surface area contributed by atoms with Crippen molar-refractivity contribution in [1.82, 2.24) is 0 Å². The molecule has 0 N–H and O–H groups in total. The van der Waals surface area contributed by atoms with E-state index in [0.29, 0.717) is 13.2 Å². The molecule has 164 valence electrons. The van der Waals surface area contributed by atoms with Crippen molar-refractivity contribution in [3.8, 4) is 11.5 Å². The molecule has 4 heteroatoms. The fourth-order valence-corrected chi connectivity index (χ4v) is 3.89. The third-order valence-corrected chi connectivity index (χ3v) is 5.76. The van der Waals surface area contributed by atoms with E-state index in [2.05, 4.69) is 74.5 Å². The van der Waals surface area contributed by atoms with Crippen LogP contribution < -0.4 is 9.47 Å². The monoisotopic (exact) mass is 420 g/mol. The number of hydrogen-bond acceptors (Lipinski definition) is 4. The van der Waals surface area contributed by atoms with Crippen LogP contribution in [0.3, 0.4) is 0 Å². The van der Waals surface area contributed by atoms with Crippen LogP contribution in [-0.4, -0.2) is 38.6 Å². The topological polar surface area (TPSA) is 43.5 Å². The molecule has 2 atom stereocenters. The maximum atomic E-state index is 5.92. The Hall–Kier alpha value is -2.56. The van der Waals surface area contributed by atoms with Gasteiger partial charge in [-0.25, -0.2) is 0 Å².